The number of fused-ring (bicyclic) bond motifs is 1. The quantitative estimate of drug-likeness (QED) is 0.717. The highest BCUT2D eigenvalue weighted by Crippen LogP contribution is 2.44. The lowest BCUT2D eigenvalue weighted by atomic mass is 9.98. The van der Waals surface area contributed by atoms with Gasteiger partial charge in [-0.1, -0.05) is 17.7 Å². The Morgan fingerprint density at radius 3 is 2.68 bits per heavy atom. The standard InChI is InChI=1S/C17H12ClF3O3S/c18-13-6-10(17(19,20)21)1-4-14(13)24-11-2-3-12-9(5-16(22)23)8-25-15(12)7-11/h1-4,6-7,9H,5,8H2,(H,22,23)/t9-/m0/s1. The van der Waals surface area contributed by atoms with Crippen molar-refractivity contribution in [3.8, 4) is 11.5 Å². The van der Waals surface area contributed by atoms with E-state index in [9.17, 15) is 18.0 Å². The summed E-state index contributed by atoms with van der Waals surface area (Å²) in [5.74, 6) is 0.326. The summed E-state index contributed by atoms with van der Waals surface area (Å²) in [6.45, 7) is 0. The molecule has 0 bridgehead atoms. The number of halogens is 4. The maximum atomic E-state index is 12.7. The van der Waals surface area contributed by atoms with E-state index in [-0.39, 0.29) is 23.1 Å². The summed E-state index contributed by atoms with van der Waals surface area (Å²) in [5.41, 5.74) is 0.101. The number of alkyl halides is 3. The molecule has 8 heteroatoms. The number of benzene rings is 2. The van der Waals surface area contributed by atoms with Gasteiger partial charge in [-0.15, -0.1) is 11.8 Å². The number of hydrogen-bond donors (Lipinski definition) is 1. The molecule has 2 aromatic carbocycles. The van der Waals surface area contributed by atoms with E-state index in [0.29, 0.717) is 11.5 Å². The fourth-order valence-corrected chi connectivity index (χ4v) is 4.09. The Morgan fingerprint density at radius 1 is 1.28 bits per heavy atom. The second-order valence-electron chi connectivity index (χ2n) is 5.55. The van der Waals surface area contributed by atoms with Crippen LogP contribution in [0, 0.1) is 0 Å². The molecule has 1 aliphatic rings. The Hall–Kier alpha value is -1.86. The van der Waals surface area contributed by atoms with Gasteiger partial charge in [-0.2, -0.15) is 13.2 Å². The molecule has 3 rings (SSSR count). The molecule has 1 heterocycles. The lowest BCUT2D eigenvalue weighted by Crippen LogP contribution is -2.05. The first-order valence-corrected chi connectivity index (χ1v) is 8.63. The Labute approximate surface area is 150 Å². The molecule has 0 unspecified atom stereocenters. The van der Waals surface area contributed by atoms with E-state index in [2.05, 4.69) is 0 Å². The Morgan fingerprint density at radius 2 is 2.04 bits per heavy atom. The first-order valence-electron chi connectivity index (χ1n) is 7.27. The zero-order chi connectivity index (χ0) is 18.2. The number of aliphatic carboxylic acids is 1. The molecule has 1 aliphatic heterocycles. The second kappa shape index (κ2) is 6.80. The van der Waals surface area contributed by atoms with Crippen molar-refractivity contribution in [2.75, 3.05) is 5.75 Å². The monoisotopic (exact) mass is 388 g/mol. The maximum absolute atomic E-state index is 12.7. The van der Waals surface area contributed by atoms with Crippen LogP contribution in [0.25, 0.3) is 0 Å². The second-order valence-corrected chi connectivity index (χ2v) is 7.02. The molecule has 1 atom stereocenters. The Bertz CT molecular complexity index is 823. The number of rotatable bonds is 4. The average Bonchev–Trinajstić information content (AvgIpc) is 2.90. The van der Waals surface area contributed by atoms with Crippen molar-refractivity contribution in [3.63, 3.8) is 0 Å². The first-order chi connectivity index (χ1) is 11.7. The van der Waals surface area contributed by atoms with Crippen LogP contribution in [-0.4, -0.2) is 16.8 Å². The van der Waals surface area contributed by atoms with E-state index in [0.717, 1.165) is 22.6 Å². The van der Waals surface area contributed by atoms with E-state index < -0.39 is 17.7 Å². The summed E-state index contributed by atoms with van der Waals surface area (Å²) < 4.78 is 43.6. The minimum atomic E-state index is -4.47. The Balaban J connectivity index is 1.80. The number of carboxylic acid groups (broad SMARTS) is 1. The van der Waals surface area contributed by atoms with Gasteiger partial charge in [-0.25, -0.2) is 0 Å². The molecule has 0 aromatic heterocycles. The van der Waals surface area contributed by atoms with Crippen LogP contribution in [0.1, 0.15) is 23.5 Å². The van der Waals surface area contributed by atoms with Crippen molar-refractivity contribution in [1.82, 2.24) is 0 Å². The molecular formula is C17H12ClF3O3S. The number of hydrogen-bond acceptors (Lipinski definition) is 3. The highest BCUT2D eigenvalue weighted by Gasteiger charge is 2.31. The Kier molecular flexibility index (Phi) is 4.88. The number of ether oxygens (including phenoxy) is 1. The van der Waals surface area contributed by atoms with E-state index in [1.165, 1.54) is 17.8 Å². The van der Waals surface area contributed by atoms with Crippen molar-refractivity contribution in [2.24, 2.45) is 0 Å². The predicted octanol–water partition coefficient (Wildman–Crippen LogP) is 5.82. The highest BCUT2D eigenvalue weighted by atomic mass is 35.5. The third-order valence-electron chi connectivity index (χ3n) is 3.77. The molecular weight excluding hydrogens is 377 g/mol. The normalized spacial score (nSPS) is 16.6. The molecule has 3 nitrogen and oxygen atoms in total. The van der Waals surface area contributed by atoms with E-state index >= 15 is 0 Å². The van der Waals surface area contributed by atoms with Gasteiger partial charge < -0.3 is 9.84 Å². The lowest BCUT2D eigenvalue weighted by molar-refractivity contribution is -0.138. The third kappa shape index (κ3) is 4.04. The van der Waals surface area contributed by atoms with Crippen LogP contribution in [0.2, 0.25) is 5.02 Å². The fraction of sp³-hybridized carbons (Fsp3) is 0.235. The molecule has 0 fully saturated rings. The minimum absolute atomic E-state index is 0.0544. The van der Waals surface area contributed by atoms with Gasteiger partial charge in [0, 0.05) is 16.6 Å². The molecule has 132 valence electrons. The minimum Gasteiger partial charge on any atom is -0.481 e. The predicted molar refractivity (Wildman–Crippen MR) is 88.7 cm³/mol. The van der Waals surface area contributed by atoms with Crippen LogP contribution in [0.3, 0.4) is 0 Å². The molecule has 1 N–H and O–H groups in total. The topological polar surface area (TPSA) is 46.5 Å². The molecule has 0 saturated heterocycles. The van der Waals surface area contributed by atoms with Crippen LogP contribution in [0.4, 0.5) is 13.2 Å². The van der Waals surface area contributed by atoms with Gasteiger partial charge in [0.15, 0.2) is 0 Å². The molecule has 2 aromatic rings. The number of carboxylic acids is 1. The summed E-state index contributed by atoms with van der Waals surface area (Å²) in [4.78, 5) is 11.8. The first kappa shape index (κ1) is 17.9. The van der Waals surface area contributed by atoms with Crippen molar-refractivity contribution < 1.29 is 27.8 Å². The lowest BCUT2D eigenvalue weighted by Gasteiger charge is -2.12. The van der Waals surface area contributed by atoms with Gasteiger partial charge in [-0.05, 0) is 35.9 Å². The van der Waals surface area contributed by atoms with Gasteiger partial charge in [0.2, 0.25) is 0 Å². The highest BCUT2D eigenvalue weighted by molar-refractivity contribution is 7.99. The SMILES string of the molecule is O=C(O)C[C@H]1CSc2cc(Oc3ccc(C(F)(F)F)cc3Cl)ccc21. The number of carbonyl (C=O) groups is 1. The largest absolute Gasteiger partial charge is 0.481 e. The zero-order valence-corrected chi connectivity index (χ0v) is 14.2. The fourth-order valence-electron chi connectivity index (χ4n) is 2.59. The molecule has 0 spiro atoms. The van der Waals surface area contributed by atoms with Gasteiger partial charge >= 0.3 is 12.1 Å². The van der Waals surface area contributed by atoms with Gasteiger partial charge in [0.05, 0.1) is 17.0 Å². The molecule has 0 amide bonds. The zero-order valence-electron chi connectivity index (χ0n) is 12.6. The van der Waals surface area contributed by atoms with Crippen LogP contribution in [-0.2, 0) is 11.0 Å². The molecule has 25 heavy (non-hydrogen) atoms. The van der Waals surface area contributed by atoms with Gasteiger partial charge in [0.1, 0.15) is 11.5 Å². The maximum Gasteiger partial charge on any atom is 0.416 e. The van der Waals surface area contributed by atoms with Crippen molar-refractivity contribution in [3.05, 3.63) is 52.5 Å². The van der Waals surface area contributed by atoms with E-state index in [1.54, 1.807) is 18.2 Å². The van der Waals surface area contributed by atoms with Crippen molar-refractivity contribution in [2.45, 2.75) is 23.4 Å². The summed E-state index contributed by atoms with van der Waals surface area (Å²) in [5, 5.41) is 8.80. The van der Waals surface area contributed by atoms with Crippen LogP contribution >= 0.6 is 23.4 Å². The molecule has 0 saturated carbocycles. The summed E-state index contributed by atoms with van der Waals surface area (Å²) in [6, 6.07) is 8.10. The van der Waals surface area contributed by atoms with E-state index in [1.807, 2.05) is 0 Å². The molecule has 0 radical (unpaired) electrons. The van der Waals surface area contributed by atoms with Crippen LogP contribution in [0.15, 0.2) is 41.3 Å². The van der Waals surface area contributed by atoms with Crippen LogP contribution in [0.5, 0.6) is 11.5 Å². The van der Waals surface area contributed by atoms with E-state index in [4.69, 9.17) is 21.4 Å². The van der Waals surface area contributed by atoms with Crippen molar-refractivity contribution >= 4 is 29.3 Å². The molecule has 0 aliphatic carbocycles. The van der Waals surface area contributed by atoms with Gasteiger partial charge in [-0.3, -0.25) is 4.79 Å². The third-order valence-corrected chi connectivity index (χ3v) is 5.30. The van der Waals surface area contributed by atoms with Crippen LogP contribution < -0.4 is 4.74 Å². The van der Waals surface area contributed by atoms with Gasteiger partial charge in [0.25, 0.3) is 0 Å². The van der Waals surface area contributed by atoms with Crippen molar-refractivity contribution in [1.29, 1.82) is 0 Å². The smallest absolute Gasteiger partial charge is 0.416 e. The average molecular weight is 389 g/mol. The summed E-state index contributed by atoms with van der Waals surface area (Å²) in [6.07, 6.45) is -4.41. The summed E-state index contributed by atoms with van der Waals surface area (Å²) in [7, 11) is 0. The summed E-state index contributed by atoms with van der Waals surface area (Å²) >= 11 is 7.42. The number of thioether (sulfide) groups is 1.